The van der Waals surface area contributed by atoms with Crippen molar-refractivity contribution in [2.24, 2.45) is 5.73 Å². The number of nitrogens with two attached hydrogens (primary N) is 1. The van der Waals surface area contributed by atoms with Crippen LogP contribution in [0, 0.1) is 0 Å². The molecule has 0 bridgehead atoms. The topological polar surface area (TPSA) is 110 Å². The van der Waals surface area contributed by atoms with E-state index in [1.54, 1.807) is 12.1 Å². The maximum absolute atomic E-state index is 11.2. The van der Waals surface area contributed by atoms with Gasteiger partial charge < -0.3 is 11.1 Å². The van der Waals surface area contributed by atoms with Gasteiger partial charge in [-0.05, 0) is 25.0 Å². The van der Waals surface area contributed by atoms with Gasteiger partial charge in [0.05, 0.1) is 16.0 Å². The van der Waals surface area contributed by atoms with Crippen molar-refractivity contribution in [2.75, 3.05) is 5.32 Å². The SMILES string of the molecule is NC(=O)c1ccc(-c2ncc(Cl)c(Nc3cc(C4CC4)[nH]n3)n2)s1.[HH]. The monoisotopic (exact) mass is 362 g/mol. The molecule has 0 saturated heterocycles. The van der Waals surface area contributed by atoms with E-state index in [-0.39, 0.29) is 1.43 Å². The summed E-state index contributed by atoms with van der Waals surface area (Å²) in [6.07, 6.45) is 3.91. The molecule has 3 aromatic heterocycles. The number of halogens is 1. The van der Waals surface area contributed by atoms with Crippen molar-refractivity contribution in [3.8, 4) is 10.7 Å². The van der Waals surface area contributed by atoms with E-state index in [1.807, 2.05) is 6.07 Å². The first-order chi connectivity index (χ1) is 11.6. The molecule has 0 unspecified atom stereocenters. The highest BCUT2D eigenvalue weighted by atomic mass is 35.5. The van der Waals surface area contributed by atoms with E-state index < -0.39 is 5.91 Å². The zero-order valence-electron chi connectivity index (χ0n) is 12.4. The van der Waals surface area contributed by atoms with Crippen molar-refractivity contribution in [3.63, 3.8) is 0 Å². The summed E-state index contributed by atoms with van der Waals surface area (Å²) >= 11 is 7.41. The maximum atomic E-state index is 11.2. The van der Waals surface area contributed by atoms with Gasteiger partial charge in [0.1, 0.15) is 5.02 Å². The van der Waals surface area contributed by atoms with Crippen LogP contribution in [0.4, 0.5) is 11.6 Å². The lowest BCUT2D eigenvalue weighted by atomic mass is 10.3. The summed E-state index contributed by atoms with van der Waals surface area (Å²) in [5.41, 5.74) is 6.40. The molecule has 3 heterocycles. The molecule has 0 aliphatic heterocycles. The van der Waals surface area contributed by atoms with Crippen LogP contribution in [0.25, 0.3) is 10.7 Å². The van der Waals surface area contributed by atoms with Gasteiger partial charge in [0, 0.05) is 19.1 Å². The Balaban J connectivity index is 0.00000182. The number of carbonyl (C=O) groups is 1. The van der Waals surface area contributed by atoms with Crippen molar-refractivity contribution in [3.05, 3.63) is 40.0 Å². The number of nitrogens with one attached hydrogen (secondary N) is 2. The number of H-pyrrole nitrogens is 1. The van der Waals surface area contributed by atoms with Gasteiger partial charge in [0.2, 0.25) is 0 Å². The minimum atomic E-state index is -0.470. The molecule has 1 aliphatic carbocycles. The lowest BCUT2D eigenvalue weighted by Gasteiger charge is -2.05. The average molecular weight is 363 g/mol. The first-order valence-electron chi connectivity index (χ1n) is 7.35. The van der Waals surface area contributed by atoms with Crippen LogP contribution in [0.15, 0.2) is 24.4 Å². The summed E-state index contributed by atoms with van der Waals surface area (Å²) in [5, 5.41) is 10.7. The standard InChI is InChI=1S/C15H13ClN6OS.H2/c16-8-6-18-15(11-4-3-10(24-11)13(17)23)20-14(8)19-12-5-9(21-22-12)7-1-2-7;/h3-7H,1-2H2,(H2,17,23)(H2,18,19,20,21,22);1H. The number of rotatable bonds is 5. The van der Waals surface area contributed by atoms with E-state index in [9.17, 15) is 4.79 Å². The fraction of sp³-hybridized carbons (Fsp3) is 0.200. The summed E-state index contributed by atoms with van der Waals surface area (Å²) in [6, 6.07) is 5.38. The zero-order chi connectivity index (χ0) is 16.7. The van der Waals surface area contributed by atoms with E-state index in [0.29, 0.717) is 33.3 Å². The molecular formula is C15H15ClN6OS. The summed E-state index contributed by atoms with van der Waals surface area (Å²) in [6.45, 7) is 0. The fourth-order valence-corrected chi connectivity index (χ4v) is 3.23. The largest absolute Gasteiger partial charge is 0.365 e. The van der Waals surface area contributed by atoms with Crippen LogP contribution >= 0.6 is 22.9 Å². The number of anilines is 2. The van der Waals surface area contributed by atoms with Crippen molar-refractivity contribution < 1.29 is 6.22 Å². The van der Waals surface area contributed by atoms with Gasteiger partial charge in [-0.15, -0.1) is 11.3 Å². The first kappa shape index (κ1) is 15.1. The van der Waals surface area contributed by atoms with E-state index in [0.717, 1.165) is 10.6 Å². The van der Waals surface area contributed by atoms with Gasteiger partial charge in [-0.25, -0.2) is 9.97 Å². The van der Waals surface area contributed by atoms with Gasteiger partial charge >= 0.3 is 0 Å². The molecule has 24 heavy (non-hydrogen) atoms. The second-order valence-electron chi connectivity index (χ2n) is 5.53. The smallest absolute Gasteiger partial charge is 0.258 e. The summed E-state index contributed by atoms with van der Waals surface area (Å²) < 4.78 is 0. The third-order valence-electron chi connectivity index (χ3n) is 3.67. The predicted octanol–water partition coefficient (Wildman–Crippen LogP) is 3.55. The van der Waals surface area contributed by atoms with Crippen molar-refractivity contribution in [2.45, 2.75) is 18.8 Å². The second kappa shape index (κ2) is 5.88. The summed E-state index contributed by atoms with van der Waals surface area (Å²) in [5.74, 6) is 1.71. The van der Waals surface area contributed by atoms with Crippen LogP contribution in [-0.2, 0) is 0 Å². The summed E-state index contributed by atoms with van der Waals surface area (Å²) in [7, 11) is 0. The third kappa shape index (κ3) is 2.98. The molecule has 7 nitrogen and oxygen atoms in total. The molecule has 0 spiro atoms. The number of hydrogen-bond donors (Lipinski definition) is 3. The minimum Gasteiger partial charge on any atom is -0.365 e. The molecule has 9 heteroatoms. The molecular weight excluding hydrogens is 348 g/mol. The van der Waals surface area contributed by atoms with Crippen LogP contribution in [0.5, 0.6) is 0 Å². The van der Waals surface area contributed by atoms with E-state index in [4.69, 9.17) is 17.3 Å². The fourth-order valence-electron chi connectivity index (χ4n) is 2.29. The van der Waals surface area contributed by atoms with Gasteiger partial charge in [0.15, 0.2) is 17.5 Å². The Bertz CT molecular complexity index is 922. The molecule has 1 amide bonds. The number of carbonyl (C=O) groups excluding carboxylic acids is 1. The quantitative estimate of drug-likeness (QED) is 0.643. The highest BCUT2D eigenvalue weighted by Crippen LogP contribution is 2.40. The Labute approximate surface area is 147 Å². The van der Waals surface area contributed by atoms with Gasteiger partial charge in [0.25, 0.3) is 5.91 Å². The number of amides is 1. The lowest BCUT2D eigenvalue weighted by molar-refractivity contribution is 0.100. The number of thiophene rings is 1. The van der Waals surface area contributed by atoms with E-state index in [2.05, 4.69) is 25.5 Å². The average Bonchev–Trinajstić information content (AvgIpc) is 3.10. The Morgan fingerprint density at radius 1 is 1.46 bits per heavy atom. The molecule has 1 fully saturated rings. The van der Waals surface area contributed by atoms with Crippen molar-refractivity contribution in [1.29, 1.82) is 0 Å². The number of aromatic nitrogens is 4. The van der Waals surface area contributed by atoms with E-state index >= 15 is 0 Å². The van der Waals surface area contributed by atoms with Crippen LogP contribution in [0.1, 0.15) is 35.6 Å². The van der Waals surface area contributed by atoms with Crippen LogP contribution in [-0.4, -0.2) is 26.1 Å². The molecule has 1 aliphatic rings. The Morgan fingerprint density at radius 3 is 3.00 bits per heavy atom. The molecule has 3 aromatic rings. The van der Waals surface area contributed by atoms with Crippen molar-refractivity contribution in [1.82, 2.24) is 20.2 Å². The minimum absolute atomic E-state index is 0. The molecule has 4 rings (SSSR count). The van der Waals surface area contributed by atoms with Crippen LogP contribution in [0.2, 0.25) is 5.02 Å². The predicted molar refractivity (Wildman–Crippen MR) is 94.8 cm³/mol. The number of hydrogen-bond acceptors (Lipinski definition) is 6. The van der Waals surface area contributed by atoms with Crippen LogP contribution in [0.3, 0.4) is 0 Å². The normalized spacial score (nSPS) is 13.9. The molecule has 0 aromatic carbocycles. The first-order valence-corrected chi connectivity index (χ1v) is 8.54. The van der Waals surface area contributed by atoms with Crippen molar-refractivity contribution >= 4 is 40.5 Å². The molecule has 1 saturated carbocycles. The van der Waals surface area contributed by atoms with E-state index in [1.165, 1.54) is 30.4 Å². The number of aromatic amines is 1. The Kier molecular flexibility index (Phi) is 3.70. The third-order valence-corrected chi connectivity index (χ3v) is 5.05. The molecule has 0 radical (unpaired) electrons. The van der Waals surface area contributed by atoms with Gasteiger partial charge in [-0.2, -0.15) is 5.10 Å². The Morgan fingerprint density at radius 2 is 2.29 bits per heavy atom. The lowest BCUT2D eigenvalue weighted by Crippen LogP contribution is -2.08. The van der Waals surface area contributed by atoms with Gasteiger partial charge in [-0.3, -0.25) is 9.89 Å². The highest BCUT2D eigenvalue weighted by molar-refractivity contribution is 7.17. The number of primary amides is 1. The Hall–Kier alpha value is -2.45. The summed E-state index contributed by atoms with van der Waals surface area (Å²) in [4.78, 5) is 21.1. The van der Waals surface area contributed by atoms with Gasteiger partial charge in [-0.1, -0.05) is 11.6 Å². The molecule has 4 N–H and O–H groups in total. The molecule has 0 atom stereocenters. The maximum Gasteiger partial charge on any atom is 0.258 e. The zero-order valence-corrected chi connectivity index (χ0v) is 14.0. The second-order valence-corrected chi connectivity index (χ2v) is 7.02. The molecule has 124 valence electrons. The van der Waals surface area contributed by atoms with Crippen LogP contribution < -0.4 is 11.1 Å². The highest BCUT2D eigenvalue weighted by Gasteiger charge is 2.25. The number of nitrogens with zero attached hydrogens (tertiary/aromatic N) is 3.